The van der Waals surface area contributed by atoms with E-state index in [0.717, 1.165) is 5.56 Å². The van der Waals surface area contributed by atoms with Crippen LogP contribution < -0.4 is 5.32 Å². The molecule has 0 saturated carbocycles. The molecular weight excluding hydrogens is 228 g/mol. The summed E-state index contributed by atoms with van der Waals surface area (Å²) in [5.74, 6) is -0.266. The third-order valence-corrected chi connectivity index (χ3v) is 3.45. The lowest BCUT2D eigenvalue weighted by Gasteiger charge is -2.34. The first-order valence-electron chi connectivity index (χ1n) is 6.24. The van der Waals surface area contributed by atoms with Crippen molar-refractivity contribution in [2.75, 3.05) is 13.1 Å². The molecule has 1 aliphatic heterocycles. The molecule has 0 radical (unpaired) electrons. The van der Waals surface area contributed by atoms with E-state index in [0.29, 0.717) is 13.1 Å². The minimum absolute atomic E-state index is 0.0172. The first-order chi connectivity index (χ1) is 8.61. The smallest absolute Gasteiger partial charge is 0.242 e. The zero-order valence-electron chi connectivity index (χ0n) is 10.7. The summed E-state index contributed by atoms with van der Waals surface area (Å²) in [7, 11) is 0. The molecule has 18 heavy (non-hydrogen) atoms. The van der Waals surface area contributed by atoms with Gasteiger partial charge in [0.25, 0.3) is 0 Å². The van der Waals surface area contributed by atoms with Crippen molar-refractivity contribution in [1.29, 1.82) is 0 Å². The zero-order valence-corrected chi connectivity index (χ0v) is 10.7. The molecule has 1 aromatic rings. The Hall–Kier alpha value is -1.84. The van der Waals surface area contributed by atoms with Crippen molar-refractivity contribution in [3.05, 3.63) is 35.9 Å². The van der Waals surface area contributed by atoms with E-state index in [9.17, 15) is 9.59 Å². The molecule has 1 aromatic carbocycles. The molecule has 1 aliphatic rings. The van der Waals surface area contributed by atoms with Gasteiger partial charge in [-0.3, -0.25) is 9.59 Å². The normalized spacial score (nSPS) is 21.3. The summed E-state index contributed by atoms with van der Waals surface area (Å²) in [6, 6.07) is 9.28. The molecule has 2 rings (SSSR count). The van der Waals surface area contributed by atoms with Crippen LogP contribution >= 0.6 is 0 Å². The summed E-state index contributed by atoms with van der Waals surface area (Å²) < 4.78 is 0. The van der Waals surface area contributed by atoms with Gasteiger partial charge in [-0.1, -0.05) is 30.3 Å². The molecule has 0 bridgehead atoms. The number of hydrogen-bond acceptors (Lipinski definition) is 2. The maximum Gasteiger partial charge on any atom is 0.242 e. The van der Waals surface area contributed by atoms with E-state index in [2.05, 4.69) is 5.32 Å². The van der Waals surface area contributed by atoms with Crippen LogP contribution in [0.5, 0.6) is 0 Å². The maximum atomic E-state index is 12.4. The number of nitrogens with zero attached hydrogens (tertiary/aromatic N) is 1. The highest BCUT2D eigenvalue weighted by Gasteiger charge is 2.31. The van der Waals surface area contributed by atoms with Crippen LogP contribution in [0.4, 0.5) is 0 Å². The number of hydrogen-bond donors (Lipinski definition) is 1. The average Bonchev–Trinajstić information content (AvgIpc) is 2.41. The number of benzene rings is 1. The zero-order chi connectivity index (χ0) is 13.1. The van der Waals surface area contributed by atoms with E-state index >= 15 is 0 Å². The number of carbonyl (C=O) groups is 2. The Morgan fingerprint density at radius 2 is 2.06 bits per heavy atom. The topological polar surface area (TPSA) is 49.4 Å². The summed E-state index contributed by atoms with van der Waals surface area (Å²) in [6.07, 6.45) is 0. The van der Waals surface area contributed by atoms with Gasteiger partial charge < -0.3 is 10.2 Å². The Kier molecular flexibility index (Phi) is 3.65. The van der Waals surface area contributed by atoms with Crippen LogP contribution in [-0.4, -0.2) is 35.8 Å². The van der Waals surface area contributed by atoms with Crippen LogP contribution in [0.15, 0.2) is 30.3 Å². The van der Waals surface area contributed by atoms with Gasteiger partial charge >= 0.3 is 0 Å². The molecule has 0 aromatic heterocycles. The highest BCUT2D eigenvalue weighted by atomic mass is 16.2. The summed E-state index contributed by atoms with van der Waals surface area (Å²) in [5, 5.41) is 2.76. The van der Waals surface area contributed by atoms with E-state index < -0.39 is 0 Å². The van der Waals surface area contributed by atoms with Crippen molar-refractivity contribution >= 4 is 11.8 Å². The molecule has 2 amide bonds. The third kappa shape index (κ3) is 2.37. The molecule has 2 unspecified atom stereocenters. The van der Waals surface area contributed by atoms with E-state index in [4.69, 9.17) is 0 Å². The molecule has 1 N–H and O–H groups in total. The maximum absolute atomic E-state index is 12.4. The quantitative estimate of drug-likeness (QED) is 0.850. The van der Waals surface area contributed by atoms with Gasteiger partial charge in [-0.2, -0.15) is 0 Å². The molecule has 1 saturated heterocycles. The highest BCUT2D eigenvalue weighted by molar-refractivity contribution is 5.91. The highest BCUT2D eigenvalue weighted by Crippen LogP contribution is 2.19. The van der Waals surface area contributed by atoms with Gasteiger partial charge in [-0.15, -0.1) is 0 Å². The van der Waals surface area contributed by atoms with Crippen LogP contribution in [0.2, 0.25) is 0 Å². The van der Waals surface area contributed by atoms with Gasteiger partial charge in [0.2, 0.25) is 11.8 Å². The summed E-state index contributed by atoms with van der Waals surface area (Å²) >= 11 is 0. The van der Waals surface area contributed by atoms with Gasteiger partial charge in [0.05, 0.1) is 5.92 Å². The second-order valence-corrected chi connectivity index (χ2v) is 4.63. The van der Waals surface area contributed by atoms with Crippen LogP contribution in [0.3, 0.4) is 0 Å². The summed E-state index contributed by atoms with van der Waals surface area (Å²) in [5.41, 5.74) is 0.987. The summed E-state index contributed by atoms with van der Waals surface area (Å²) in [4.78, 5) is 25.6. The predicted octanol–water partition coefficient (Wildman–Crippen LogP) is 1.14. The number of piperazine rings is 1. The lowest BCUT2D eigenvalue weighted by molar-refractivity contribution is -0.143. The standard InChI is InChI=1S/C14H18N2O2/c1-10(12-6-4-3-5-7-12)14(18)16-9-8-15-13(17)11(16)2/h3-7,10-11H,8-9H2,1-2H3,(H,15,17). The van der Waals surface area contributed by atoms with Gasteiger partial charge in [0.15, 0.2) is 0 Å². The molecule has 0 aliphatic carbocycles. The first kappa shape index (κ1) is 12.6. The Bertz CT molecular complexity index is 444. The van der Waals surface area contributed by atoms with Crippen molar-refractivity contribution < 1.29 is 9.59 Å². The van der Waals surface area contributed by atoms with Gasteiger partial charge in [-0.25, -0.2) is 0 Å². The molecule has 4 heteroatoms. The molecular formula is C14H18N2O2. The fourth-order valence-electron chi connectivity index (χ4n) is 2.22. The number of rotatable bonds is 2. The minimum atomic E-state index is -0.377. The van der Waals surface area contributed by atoms with E-state index in [1.807, 2.05) is 37.3 Å². The number of carbonyl (C=O) groups excluding carboxylic acids is 2. The Morgan fingerprint density at radius 1 is 1.39 bits per heavy atom. The SMILES string of the molecule is CC(C(=O)N1CCNC(=O)C1C)c1ccccc1. The van der Waals surface area contributed by atoms with Gasteiger partial charge in [0.1, 0.15) is 6.04 Å². The molecule has 1 heterocycles. The van der Waals surface area contributed by atoms with Crippen LogP contribution in [-0.2, 0) is 9.59 Å². The molecule has 0 spiro atoms. The fourth-order valence-corrected chi connectivity index (χ4v) is 2.22. The third-order valence-electron chi connectivity index (χ3n) is 3.45. The van der Waals surface area contributed by atoms with Crippen molar-refractivity contribution in [3.8, 4) is 0 Å². The second-order valence-electron chi connectivity index (χ2n) is 4.63. The van der Waals surface area contributed by atoms with Gasteiger partial charge in [-0.05, 0) is 19.4 Å². The van der Waals surface area contributed by atoms with E-state index in [1.165, 1.54) is 0 Å². The second kappa shape index (κ2) is 5.21. The van der Waals surface area contributed by atoms with E-state index in [-0.39, 0.29) is 23.8 Å². The lowest BCUT2D eigenvalue weighted by atomic mass is 9.98. The minimum Gasteiger partial charge on any atom is -0.353 e. The van der Waals surface area contributed by atoms with Crippen molar-refractivity contribution in [3.63, 3.8) is 0 Å². The summed E-state index contributed by atoms with van der Waals surface area (Å²) in [6.45, 7) is 4.78. The van der Waals surface area contributed by atoms with E-state index in [1.54, 1.807) is 11.8 Å². The Balaban J connectivity index is 2.14. The van der Waals surface area contributed by atoms with Gasteiger partial charge in [0, 0.05) is 13.1 Å². The average molecular weight is 246 g/mol. The largest absolute Gasteiger partial charge is 0.353 e. The van der Waals surface area contributed by atoms with Crippen LogP contribution in [0.1, 0.15) is 25.3 Å². The molecule has 96 valence electrons. The van der Waals surface area contributed by atoms with Crippen molar-refractivity contribution in [1.82, 2.24) is 10.2 Å². The predicted molar refractivity (Wildman–Crippen MR) is 69.0 cm³/mol. The molecule has 1 fully saturated rings. The fraction of sp³-hybridized carbons (Fsp3) is 0.429. The number of amides is 2. The monoisotopic (exact) mass is 246 g/mol. The first-order valence-corrected chi connectivity index (χ1v) is 6.24. The van der Waals surface area contributed by atoms with Crippen LogP contribution in [0.25, 0.3) is 0 Å². The number of nitrogens with one attached hydrogen (secondary N) is 1. The lowest BCUT2D eigenvalue weighted by Crippen LogP contribution is -2.56. The van der Waals surface area contributed by atoms with Crippen molar-refractivity contribution in [2.24, 2.45) is 0 Å². The molecule has 2 atom stereocenters. The van der Waals surface area contributed by atoms with Crippen LogP contribution in [0, 0.1) is 0 Å². The Labute approximate surface area is 107 Å². The molecule has 4 nitrogen and oxygen atoms in total. The Morgan fingerprint density at radius 3 is 2.72 bits per heavy atom. The van der Waals surface area contributed by atoms with Crippen molar-refractivity contribution in [2.45, 2.75) is 25.8 Å².